The number of aliphatic hydroxyl groups excluding tert-OH is 3. The van der Waals surface area contributed by atoms with Gasteiger partial charge in [0.15, 0.2) is 18.4 Å². The van der Waals surface area contributed by atoms with E-state index in [4.69, 9.17) is 13.0 Å². The molecule has 0 aromatic carbocycles. The number of amides is 1. The fourth-order valence-corrected chi connectivity index (χ4v) is 2.66. The van der Waals surface area contributed by atoms with Crippen LogP contribution >= 0.6 is 0 Å². The van der Waals surface area contributed by atoms with E-state index in [9.17, 15) is 20.1 Å². The Morgan fingerprint density at radius 3 is 2.36 bits per heavy atom. The van der Waals surface area contributed by atoms with Gasteiger partial charge >= 0.3 is 0 Å². The highest BCUT2D eigenvalue weighted by atomic mass is 32.2. The van der Waals surface area contributed by atoms with Gasteiger partial charge in [-0.05, 0) is 6.07 Å². The number of aliphatic hydroxyl groups is 3. The van der Waals surface area contributed by atoms with E-state index in [1.807, 2.05) is 0 Å². The maximum Gasteiger partial charge on any atom is 0.259 e. The van der Waals surface area contributed by atoms with Crippen LogP contribution in [-0.4, -0.2) is 78.3 Å². The molecule has 25 heavy (non-hydrogen) atoms. The van der Waals surface area contributed by atoms with Crippen molar-refractivity contribution < 1.29 is 37.7 Å². The highest BCUT2D eigenvalue weighted by Crippen LogP contribution is 2.31. The molecule has 0 bridgehead atoms. The molecule has 0 saturated heterocycles. The first-order chi connectivity index (χ1) is 11.5. The Hall–Kier alpha value is -1.59. The molecule has 0 spiro atoms. The Morgan fingerprint density at radius 1 is 1.36 bits per heavy atom. The van der Waals surface area contributed by atoms with Crippen LogP contribution in [0.1, 0.15) is 22.8 Å². The largest absolute Gasteiger partial charge is 0.748 e. The van der Waals surface area contributed by atoms with Crippen LogP contribution in [0.2, 0.25) is 0 Å². The van der Waals surface area contributed by atoms with Crippen LogP contribution < -0.4 is 4.57 Å². The zero-order valence-electron chi connectivity index (χ0n) is 14.3. The Balaban J connectivity index is 0.000000550. The normalized spacial score (nSPS) is 25.9. The van der Waals surface area contributed by atoms with Crippen molar-refractivity contribution in [3.8, 4) is 0 Å². The summed E-state index contributed by atoms with van der Waals surface area (Å²) in [6, 6.07) is 3.11. The van der Waals surface area contributed by atoms with Crippen molar-refractivity contribution in [3.05, 3.63) is 30.1 Å². The minimum absolute atomic E-state index is 0.119. The van der Waals surface area contributed by atoms with Crippen LogP contribution in [0.15, 0.2) is 24.5 Å². The standard InChI is InChI=1S/C14H21N2O4.CH4O3S/c1-15(2)14(20)9-4-3-5-16(7-9)11-6-10(8-17)12(18)13(11)19;1-5(2,3)4/h3-5,7,10-13,17-19H,6,8H2,1-2H3;1H3,(H,2,3,4)/q+1;/p-1. The summed E-state index contributed by atoms with van der Waals surface area (Å²) in [7, 11) is -0.564. The van der Waals surface area contributed by atoms with Crippen molar-refractivity contribution in [2.75, 3.05) is 27.0 Å². The summed E-state index contributed by atoms with van der Waals surface area (Å²) in [5, 5.41) is 29.1. The Labute approximate surface area is 146 Å². The van der Waals surface area contributed by atoms with Crippen molar-refractivity contribution in [2.24, 2.45) is 5.92 Å². The molecular weight excluding hydrogens is 352 g/mol. The van der Waals surface area contributed by atoms with Gasteiger partial charge in [0.2, 0.25) is 0 Å². The zero-order valence-corrected chi connectivity index (χ0v) is 15.1. The van der Waals surface area contributed by atoms with E-state index in [0.717, 1.165) is 0 Å². The third-order valence-corrected chi connectivity index (χ3v) is 3.86. The predicted molar refractivity (Wildman–Crippen MR) is 86.5 cm³/mol. The molecule has 1 fully saturated rings. The molecule has 1 heterocycles. The minimum atomic E-state index is -3.92. The fraction of sp³-hybridized carbons (Fsp3) is 0.600. The lowest BCUT2D eigenvalue weighted by molar-refractivity contribution is -0.728. The van der Waals surface area contributed by atoms with E-state index in [1.54, 1.807) is 43.2 Å². The zero-order chi connectivity index (χ0) is 19.4. The number of nitrogens with zero attached hydrogens (tertiary/aromatic N) is 2. The molecule has 1 aromatic rings. The lowest BCUT2D eigenvalue weighted by Crippen LogP contribution is -2.46. The quantitative estimate of drug-likeness (QED) is 0.414. The van der Waals surface area contributed by atoms with E-state index in [1.165, 1.54) is 4.90 Å². The number of hydrogen-bond donors (Lipinski definition) is 3. The maximum absolute atomic E-state index is 11.9. The maximum atomic E-state index is 11.9. The molecular formula is C15H24N2O7S. The highest BCUT2D eigenvalue weighted by Gasteiger charge is 2.46. The number of hydrogen-bond acceptors (Lipinski definition) is 7. The molecule has 10 heteroatoms. The molecule has 1 aliphatic rings. The van der Waals surface area contributed by atoms with Gasteiger partial charge in [-0.1, -0.05) is 0 Å². The van der Waals surface area contributed by atoms with Crippen molar-refractivity contribution >= 4 is 16.0 Å². The van der Waals surface area contributed by atoms with Gasteiger partial charge in [-0.3, -0.25) is 4.79 Å². The first-order valence-electron chi connectivity index (χ1n) is 7.56. The van der Waals surface area contributed by atoms with Crippen LogP contribution in [0, 0.1) is 5.92 Å². The SMILES string of the molecule is CN(C)C(=O)c1ccc[n+](C2CC(CO)C(O)C2O)c1.CS(=O)(=O)[O-]. The van der Waals surface area contributed by atoms with Gasteiger partial charge in [0, 0.05) is 45.4 Å². The van der Waals surface area contributed by atoms with E-state index in [-0.39, 0.29) is 24.5 Å². The van der Waals surface area contributed by atoms with Crippen LogP contribution in [-0.2, 0) is 10.1 Å². The molecule has 2 rings (SSSR count). The van der Waals surface area contributed by atoms with Crippen LogP contribution in [0.25, 0.3) is 0 Å². The van der Waals surface area contributed by atoms with Gasteiger partial charge < -0.3 is 24.8 Å². The molecule has 4 atom stereocenters. The van der Waals surface area contributed by atoms with Gasteiger partial charge in [0.1, 0.15) is 11.7 Å². The summed E-state index contributed by atoms with van der Waals surface area (Å²) in [6.45, 7) is -0.161. The third-order valence-electron chi connectivity index (χ3n) is 3.86. The molecule has 142 valence electrons. The van der Waals surface area contributed by atoms with Gasteiger partial charge in [0.05, 0.1) is 16.2 Å². The van der Waals surface area contributed by atoms with Gasteiger partial charge in [0.25, 0.3) is 5.91 Å². The number of pyridine rings is 1. The summed E-state index contributed by atoms with van der Waals surface area (Å²) in [4.78, 5) is 13.4. The topological polar surface area (TPSA) is 142 Å². The second kappa shape index (κ2) is 8.68. The molecule has 1 saturated carbocycles. The van der Waals surface area contributed by atoms with E-state index in [2.05, 4.69) is 0 Å². The molecule has 1 aromatic heterocycles. The van der Waals surface area contributed by atoms with Gasteiger partial charge in [-0.15, -0.1) is 0 Å². The minimum Gasteiger partial charge on any atom is -0.748 e. The van der Waals surface area contributed by atoms with Crippen molar-refractivity contribution in [1.82, 2.24) is 4.90 Å². The third kappa shape index (κ3) is 6.33. The predicted octanol–water partition coefficient (Wildman–Crippen LogP) is -1.89. The van der Waals surface area contributed by atoms with E-state index in [0.29, 0.717) is 18.2 Å². The molecule has 0 aliphatic heterocycles. The summed E-state index contributed by atoms with van der Waals surface area (Å²) in [5.41, 5.74) is 0.520. The van der Waals surface area contributed by atoms with Gasteiger partial charge in [-0.25, -0.2) is 8.42 Å². The number of aromatic nitrogens is 1. The number of carbonyl (C=O) groups excluding carboxylic acids is 1. The summed E-state index contributed by atoms with van der Waals surface area (Å²) >= 11 is 0. The molecule has 0 radical (unpaired) electrons. The first-order valence-corrected chi connectivity index (χ1v) is 9.37. The monoisotopic (exact) mass is 376 g/mol. The molecule has 3 N–H and O–H groups in total. The molecule has 4 unspecified atom stereocenters. The second-order valence-electron chi connectivity index (χ2n) is 6.17. The Kier molecular flexibility index (Phi) is 7.44. The highest BCUT2D eigenvalue weighted by molar-refractivity contribution is 7.84. The van der Waals surface area contributed by atoms with Crippen molar-refractivity contribution in [2.45, 2.75) is 24.7 Å². The number of carbonyl (C=O) groups is 1. The second-order valence-corrected chi connectivity index (χ2v) is 7.58. The average molecular weight is 376 g/mol. The van der Waals surface area contributed by atoms with E-state index < -0.39 is 22.3 Å². The summed E-state index contributed by atoms with van der Waals surface area (Å²) in [6.07, 6.45) is 2.62. The molecule has 1 aliphatic carbocycles. The molecule has 1 amide bonds. The Bertz CT molecular complexity index is 685. The van der Waals surface area contributed by atoms with Crippen LogP contribution in [0.4, 0.5) is 0 Å². The molecule has 9 nitrogen and oxygen atoms in total. The van der Waals surface area contributed by atoms with E-state index >= 15 is 0 Å². The van der Waals surface area contributed by atoms with Crippen LogP contribution in [0.5, 0.6) is 0 Å². The van der Waals surface area contributed by atoms with Crippen molar-refractivity contribution in [1.29, 1.82) is 0 Å². The van der Waals surface area contributed by atoms with Gasteiger partial charge in [-0.2, -0.15) is 4.57 Å². The van der Waals surface area contributed by atoms with Crippen molar-refractivity contribution in [3.63, 3.8) is 0 Å². The number of rotatable bonds is 3. The Morgan fingerprint density at radius 2 is 1.92 bits per heavy atom. The van der Waals surface area contributed by atoms with Crippen LogP contribution in [0.3, 0.4) is 0 Å². The lowest BCUT2D eigenvalue weighted by atomic mass is 10.1. The summed E-state index contributed by atoms with van der Waals surface area (Å²) in [5.74, 6) is -0.457. The first kappa shape index (κ1) is 21.5. The fourth-order valence-electron chi connectivity index (χ4n) is 2.66. The summed E-state index contributed by atoms with van der Waals surface area (Å²) < 4.78 is 29.0. The smallest absolute Gasteiger partial charge is 0.259 e. The lowest BCUT2D eigenvalue weighted by Gasteiger charge is -2.14. The average Bonchev–Trinajstić information content (AvgIpc) is 2.80.